The van der Waals surface area contributed by atoms with E-state index < -0.39 is 5.97 Å². The molecule has 0 N–H and O–H groups in total. The summed E-state index contributed by atoms with van der Waals surface area (Å²) in [5.41, 5.74) is 1.08. The Kier molecular flexibility index (Phi) is 9.22. The van der Waals surface area contributed by atoms with Gasteiger partial charge in [-0.2, -0.15) is 0 Å². The molecule has 0 bridgehead atoms. The first-order valence-corrected chi connectivity index (χ1v) is 7.17. The first-order valence-electron chi connectivity index (χ1n) is 7.17. The van der Waals surface area contributed by atoms with E-state index in [0.29, 0.717) is 19.6 Å². The van der Waals surface area contributed by atoms with Crippen LogP contribution in [0, 0.1) is 11.8 Å². The van der Waals surface area contributed by atoms with Crippen LogP contribution in [0.5, 0.6) is 5.75 Å². The second-order valence-corrected chi connectivity index (χ2v) is 4.56. The van der Waals surface area contributed by atoms with Gasteiger partial charge in [0, 0.05) is 19.5 Å². The van der Waals surface area contributed by atoms with Gasteiger partial charge in [-0.25, -0.2) is 4.79 Å². The van der Waals surface area contributed by atoms with Crippen molar-refractivity contribution >= 4 is 5.97 Å². The molecular weight excluding hydrogens is 296 g/mol. The molecule has 23 heavy (non-hydrogen) atoms. The van der Waals surface area contributed by atoms with Crippen molar-refractivity contribution in [1.29, 1.82) is 0 Å². The van der Waals surface area contributed by atoms with Gasteiger partial charge in [-0.15, -0.1) is 0 Å². The Morgan fingerprint density at radius 3 is 2.52 bits per heavy atom. The minimum atomic E-state index is -0.571. The molecule has 124 valence electrons. The van der Waals surface area contributed by atoms with E-state index in [2.05, 4.69) is 16.6 Å². The number of esters is 1. The number of methoxy groups -OCH3 is 3. The van der Waals surface area contributed by atoms with E-state index in [0.717, 1.165) is 11.3 Å². The van der Waals surface area contributed by atoms with Crippen molar-refractivity contribution in [1.82, 2.24) is 0 Å². The molecule has 0 aromatic heterocycles. The Morgan fingerprint density at radius 1 is 1.17 bits per heavy atom. The average Bonchev–Trinajstić information content (AvgIpc) is 2.60. The highest BCUT2D eigenvalue weighted by Crippen LogP contribution is 2.11. The Morgan fingerprint density at radius 2 is 1.91 bits per heavy atom. The summed E-state index contributed by atoms with van der Waals surface area (Å²) in [5.74, 6) is 5.31. The second kappa shape index (κ2) is 11.3. The third-order valence-electron chi connectivity index (χ3n) is 2.96. The van der Waals surface area contributed by atoms with Crippen LogP contribution < -0.4 is 4.74 Å². The minimum Gasteiger partial charge on any atom is -0.497 e. The second-order valence-electron chi connectivity index (χ2n) is 4.56. The molecule has 0 spiro atoms. The van der Waals surface area contributed by atoms with Gasteiger partial charge in [-0.05, 0) is 17.7 Å². The molecule has 0 radical (unpaired) electrons. The molecule has 0 fully saturated rings. The van der Waals surface area contributed by atoms with E-state index >= 15 is 0 Å². The number of benzene rings is 1. The van der Waals surface area contributed by atoms with Crippen LogP contribution in [-0.4, -0.2) is 40.0 Å². The van der Waals surface area contributed by atoms with Crippen LogP contribution in [0.4, 0.5) is 0 Å². The topological polar surface area (TPSA) is 54.0 Å². The van der Waals surface area contributed by atoms with Gasteiger partial charge in [0.2, 0.25) is 0 Å². The van der Waals surface area contributed by atoms with Crippen molar-refractivity contribution in [3.63, 3.8) is 0 Å². The molecule has 0 heterocycles. The van der Waals surface area contributed by atoms with Gasteiger partial charge in [0.1, 0.15) is 11.9 Å². The first kappa shape index (κ1) is 18.8. The summed E-state index contributed by atoms with van der Waals surface area (Å²) in [6, 6.07) is 7.73. The van der Waals surface area contributed by atoms with Gasteiger partial charge in [0.25, 0.3) is 0 Å². The number of rotatable bonds is 8. The maximum atomic E-state index is 10.9. The van der Waals surface area contributed by atoms with Crippen LogP contribution in [0.1, 0.15) is 12.0 Å². The van der Waals surface area contributed by atoms with E-state index in [-0.39, 0.29) is 6.10 Å². The minimum absolute atomic E-state index is 0.341. The van der Waals surface area contributed by atoms with Crippen LogP contribution in [0.2, 0.25) is 0 Å². The highest BCUT2D eigenvalue weighted by Gasteiger charge is 2.00. The number of carbonyl (C=O) groups is 1. The molecule has 1 aromatic rings. The Labute approximate surface area is 137 Å². The van der Waals surface area contributed by atoms with Gasteiger partial charge < -0.3 is 18.9 Å². The lowest BCUT2D eigenvalue weighted by molar-refractivity contribution is -0.133. The summed E-state index contributed by atoms with van der Waals surface area (Å²) < 4.78 is 20.2. The Hall–Kier alpha value is -2.29. The van der Waals surface area contributed by atoms with Crippen LogP contribution >= 0.6 is 0 Å². The standard InChI is InChI=1S/C18H22O5/c1-20-16(11-12-18(19)22-3)6-4-5-13-23-14-15-7-9-17(21-2)10-8-15/h4-5,7-10,16H,6,13-14H2,1-3H3/b5-4-/t16-/m1/s1. The van der Waals surface area contributed by atoms with E-state index in [9.17, 15) is 4.79 Å². The summed E-state index contributed by atoms with van der Waals surface area (Å²) in [4.78, 5) is 10.9. The van der Waals surface area contributed by atoms with Crippen LogP contribution in [0.15, 0.2) is 36.4 Å². The fourth-order valence-electron chi connectivity index (χ4n) is 1.66. The predicted octanol–water partition coefficient (Wildman–Crippen LogP) is 2.35. The number of hydrogen-bond acceptors (Lipinski definition) is 5. The quantitative estimate of drug-likeness (QED) is 0.242. The van der Waals surface area contributed by atoms with Gasteiger partial charge in [-0.3, -0.25) is 0 Å². The molecule has 5 heteroatoms. The van der Waals surface area contributed by atoms with Gasteiger partial charge in [-0.1, -0.05) is 30.2 Å². The van der Waals surface area contributed by atoms with Gasteiger partial charge in [0.15, 0.2) is 0 Å². The molecule has 1 aromatic carbocycles. The summed E-state index contributed by atoms with van der Waals surface area (Å²) >= 11 is 0. The molecule has 0 aliphatic carbocycles. The van der Waals surface area contributed by atoms with E-state index in [1.165, 1.54) is 7.11 Å². The number of ether oxygens (including phenoxy) is 4. The van der Waals surface area contributed by atoms with E-state index in [1.54, 1.807) is 14.2 Å². The average molecular weight is 318 g/mol. The molecule has 5 nitrogen and oxygen atoms in total. The van der Waals surface area contributed by atoms with E-state index in [1.807, 2.05) is 36.4 Å². The fourth-order valence-corrected chi connectivity index (χ4v) is 1.66. The maximum Gasteiger partial charge on any atom is 0.384 e. The molecule has 0 aliphatic heterocycles. The van der Waals surface area contributed by atoms with Gasteiger partial charge >= 0.3 is 5.97 Å². The first-order chi connectivity index (χ1) is 11.2. The molecule has 0 unspecified atom stereocenters. The summed E-state index contributed by atoms with van der Waals surface area (Å²) in [6.07, 6.45) is 4.04. The highest BCUT2D eigenvalue weighted by molar-refractivity contribution is 5.88. The smallest absolute Gasteiger partial charge is 0.384 e. The highest BCUT2D eigenvalue weighted by atomic mass is 16.5. The van der Waals surface area contributed by atoms with Crippen molar-refractivity contribution in [2.45, 2.75) is 19.1 Å². The van der Waals surface area contributed by atoms with Crippen molar-refractivity contribution in [2.75, 3.05) is 27.9 Å². The van der Waals surface area contributed by atoms with Crippen molar-refractivity contribution in [3.05, 3.63) is 42.0 Å². The Bertz CT molecular complexity index is 551. The number of carbonyl (C=O) groups excluding carboxylic acids is 1. The maximum absolute atomic E-state index is 10.9. The number of hydrogen-bond donors (Lipinski definition) is 0. The molecule has 1 atom stereocenters. The molecule has 0 amide bonds. The Balaban J connectivity index is 2.26. The third kappa shape index (κ3) is 8.05. The van der Waals surface area contributed by atoms with E-state index in [4.69, 9.17) is 14.2 Å². The molecule has 1 rings (SSSR count). The lowest BCUT2D eigenvalue weighted by Gasteiger charge is -2.05. The SMILES string of the molecule is COC(=O)C#C[C@@H](C/C=C\COCc1ccc(OC)cc1)OC. The van der Waals surface area contributed by atoms with Crippen LogP contribution in [-0.2, 0) is 25.6 Å². The van der Waals surface area contributed by atoms with Crippen molar-refractivity contribution in [2.24, 2.45) is 0 Å². The molecule has 0 aliphatic rings. The summed E-state index contributed by atoms with van der Waals surface area (Å²) in [5, 5.41) is 0. The normalized spacial score (nSPS) is 11.6. The summed E-state index contributed by atoms with van der Waals surface area (Å²) in [6.45, 7) is 1.02. The third-order valence-corrected chi connectivity index (χ3v) is 2.96. The zero-order chi connectivity index (χ0) is 16.9. The van der Waals surface area contributed by atoms with Crippen LogP contribution in [0.25, 0.3) is 0 Å². The zero-order valence-electron chi connectivity index (χ0n) is 13.7. The van der Waals surface area contributed by atoms with Gasteiger partial charge in [0.05, 0.1) is 27.4 Å². The monoisotopic (exact) mass is 318 g/mol. The lowest BCUT2D eigenvalue weighted by atomic mass is 10.2. The summed E-state index contributed by atoms with van der Waals surface area (Å²) in [7, 11) is 4.47. The zero-order valence-corrected chi connectivity index (χ0v) is 13.7. The predicted molar refractivity (Wildman–Crippen MR) is 87.0 cm³/mol. The van der Waals surface area contributed by atoms with Crippen molar-refractivity contribution in [3.8, 4) is 17.6 Å². The molecular formula is C18H22O5. The fraction of sp³-hybridized carbons (Fsp3) is 0.389. The van der Waals surface area contributed by atoms with Crippen molar-refractivity contribution < 1.29 is 23.7 Å². The molecule has 0 saturated heterocycles. The lowest BCUT2D eigenvalue weighted by Crippen LogP contribution is -2.07. The largest absolute Gasteiger partial charge is 0.497 e. The molecule has 0 saturated carbocycles. The van der Waals surface area contributed by atoms with Crippen LogP contribution in [0.3, 0.4) is 0 Å².